The molecule has 1 fully saturated rings. The molecule has 1 heterocycles. The lowest BCUT2D eigenvalue weighted by Gasteiger charge is -2.44. The van der Waals surface area contributed by atoms with Gasteiger partial charge in [-0.05, 0) is 11.6 Å². The van der Waals surface area contributed by atoms with E-state index in [0.29, 0.717) is 6.61 Å². The maximum absolute atomic E-state index is 10.7. The summed E-state index contributed by atoms with van der Waals surface area (Å²) in [6.45, 7) is 7.12. The van der Waals surface area contributed by atoms with E-state index in [0.717, 1.165) is 11.6 Å². The monoisotopic (exact) mass is 414 g/mol. The van der Waals surface area contributed by atoms with Crippen molar-refractivity contribution >= 4 is 8.07 Å². The molecular weight excluding hydrogens is 380 g/mol. The summed E-state index contributed by atoms with van der Waals surface area (Å²) in [5.41, 5.74) is 0.809. The second kappa shape index (κ2) is 10.8. The molecule has 0 aliphatic carbocycles. The molecule has 6 atom stereocenters. The molecule has 1 aliphatic heterocycles. The molecule has 2 rings (SSSR count). The molecule has 0 radical (unpaired) electrons. The van der Waals surface area contributed by atoms with Crippen LogP contribution in [0.4, 0.5) is 0 Å². The fraction of sp³-hybridized carbons (Fsp3) is 0.700. The first-order valence-corrected chi connectivity index (χ1v) is 13.4. The fourth-order valence-corrected chi connectivity index (χ4v) is 3.98. The summed E-state index contributed by atoms with van der Waals surface area (Å²) < 4.78 is 22.7. The second-order valence-electron chi connectivity index (χ2n) is 8.34. The predicted octanol–water partition coefficient (Wildman–Crippen LogP) is 1.55. The third kappa shape index (κ3) is 6.33. The highest BCUT2D eigenvalue weighted by atomic mass is 28.3. The molecule has 0 amide bonds. The number of aliphatic hydroxyl groups is 3. The summed E-state index contributed by atoms with van der Waals surface area (Å²) >= 11 is 0. The van der Waals surface area contributed by atoms with Gasteiger partial charge < -0.3 is 34.3 Å². The van der Waals surface area contributed by atoms with Crippen molar-refractivity contribution in [3.05, 3.63) is 35.9 Å². The number of hydrogen-bond acceptors (Lipinski definition) is 7. The second-order valence-corrected chi connectivity index (χ2v) is 14.0. The Bertz CT molecular complexity index is 565. The highest BCUT2D eigenvalue weighted by Gasteiger charge is 2.48. The van der Waals surface area contributed by atoms with Crippen LogP contribution >= 0.6 is 0 Å². The minimum atomic E-state index is -1.19. The summed E-state index contributed by atoms with van der Waals surface area (Å²) in [6, 6.07) is 10.4. The van der Waals surface area contributed by atoms with Crippen LogP contribution in [0.5, 0.6) is 0 Å². The molecular formula is C20H34O7Si. The minimum Gasteiger partial charge on any atom is -0.394 e. The van der Waals surface area contributed by atoms with E-state index in [9.17, 15) is 15.3 Å². The Morgan fingerprint density at radius 3 is 2.36 bits per heavy atom. The van der Waals surface area contributed by atoms with E-state index < -0.39 is 51.3 Å². The largest absolute Gasteiger partial charge is 0.394 e. The van der Waals surface area contributed by atoms with E-state index in [2.05, 4.69) is 19.6 Å². The van der Waals surface area contributed by atoms with E-state index in [1.807, 2.05) is 30.3 Å². The molecule has 7 nitrogen and oxygen atoms in total. The Morgan fingerprint density at radius 2 is 1.79 bits per heavy atom. The molecule has 3 N–H and O–H groups in total. The van der Waals surface area contributed by atoms with Gasteiger partial charge in [-0.15, -0.1) is 0 Å². The summed E-state index contributed by atoms with van der Waals surface area (Å²) in [6.07, 6.45) is -5.49. The van der Waals surface area contributed by atoms with E-state index in [-0.39, 0.29) is 6.79 Å². The average Bonchev–Trinajstić information content (AvgIpc) is 2.66. The van der Waals surface area contributed by atoms with Gasteiger partial charge in [0.15, 0.2) is 0 Å². The standard InChI is InChI=1S/C20H34O7Si/c1-24-19-16(22)15(12-21)27-20(17(19)23)18(14-8-6-5-7-9-14)26-13-25-10-11-28(2,3)4/h5-9,15-23H,10-13H2,1-4H3/t15-,16-,17+,18-,19-,20+/m1/s1. The molecule has 28 heavy (non-hydrogen) atoms. The SMILES string of the molecule is CO[C@H]1[C@H](O)[C@@H]([C@H](OCOCC[Si](C)(C)C)c2ccccc2)O[C@H](CO)[C@H]1O. The van der Waals surface area contributed by atoms with Crippen LogP contribution in [0.3, 0.4) is 0 Å². The molecule has 1 aromatic rings. The van der Waals surface area contributed by atoms with Gasteiger partial charge in [-0.3, -0.25) is 0 Å². The number of benzene rings is 1. The lowest BCUT2D eigenvalue weighted by molar-refractivity contribution is -0.267. The molecule has 0 unspecified atom stereocenters. The van der Waals surface area contributed by atoms with Gasteiger partial charge in [0.1, 0.15) is 43.4 Å². The maximum Gasteiger partial charge on any atom is 0.147 e. The zero-order valence-electron chi connectivity index (χ0n) is 17.2. The van der Waals surface area contributed by atoms with Gasteiger partial charge in [0.25, 0.3) is 0 Å². The smallest absolute Gasteiger partial charge is 0.147 e. The summed E-state index contributed by atoms with van der Waals surface area (Å²) in [4.78, 5) is 0. The molecule has 0 spiro atoms. The van der Waals surface area contributed by atoms with Gasteiger partial charge in [0, 0.05) is 21.8 Å². The van der Waals surface area contributed by atoms with Gasteiger partial charge in [-0.25, -0.2) is 0 Å². The fourth-order valence-electron chi connectivity index (χ4n) is 3.23. The number of aliphatic hydroxyl groups excluding tert-OH is 3. The van der Waals surface area contributed by atoms with Gasteiger partial charge in [-0.1, -0.05) is 50.0 Å². The van der Waals surface area contributed by atoms with Crippen LogP contribution in [0.15, 0.2) is 30.3 Å². The lowest BCUT2D eigenvalue weighted by Crippen LogP contribution is -2.60. The van der Waals surface area contributed by atoms with Crippen LogP contribution in [-0.4, -0.2) is 81.0 Å². The first kappa shape index (κ1) is 23.4. The van der Waals surface area contributed by atoms with Crippen LogP contribution < -0.4 is 0 Å². The van der Waals surface area contributed by atoms with Crippen molar-refractivity contribution in [3.63, 3.8) is 0 Å². The van der Waals surface area contributed by atoms with Gasteiger partial charge in [-0.2, -0.15) is 0 Å². The van der Waals surface area contributed by atoms with Gasteiger partial charge >= 0.3 is 0 Å². The van der Waals surface area contributed by atoms with Crippen molar-refractivity contribution in [1.82, 2.24) is 0 Å². The highest BCUT2D eigenvalue weighted by molar-refractivity contribution is 6.76. The molecule has 0 aromatic heterocycles. The van der Waals surface area contributed by atoms with Crippen molar-refractivity contribution in [2.75, 3.05) is 27.1 Å². The Morgan fingerprint density at radius 1 is 1.11 bits per heavy atom. The van der Waals surface area contributed by atoms with Gasteiger partial charge in [0.2, 0.25) is 0 Å². The third-order valence-corrected chi connectivity index (χ3v) is 6.63. The van der Waals surface area contributed by atoms with Gasteiger partial charge in [0.05, 0.1) is 6.61 Å². The number of hydrogen-bond donors (Lipinski definition) is 3. The Kier molecular flexibility index (Phi) is 9.04. The highest BCUT2D eigenvalue weighted by Crippen LogP contribution is 2.33. The molecule has 0 saturated carbocycles. The number of ether oxygens (including phenoxy) is 4. The van der Waals surface area contributed by atoms with E-state index >= 15 is 0 Å². The average molecular weight is 415 g/mol. The third-order valence-electron chi connectivity index (χ3n) is 4.93. The summed E-state index contributed by atoms with van der Waals surface area (Å²) in [5.74, 6) is 0. The minimum absolute atomic E-state index is 0.0562. The number of rotatable bonds is 10. The predicted molar refractivity (Wildman–Crippen MR) is 108 cm³/mol. The number of methoxy groups -OCH3 is 1. The van der Waals surface area contributed by atoms with Crippen molar-refractivity contribution < 1.29 is 34.3 Å². The van der Waals surface area contributed by atoms with Crippen LogP contribution in [0.2, 0.25) is 25.7 Å². The first-order valence-electron chi connectivity index (χ1n) is 9.68. The normalized spacial score (nSPS) is 29.6. The lowest BCUT2D eigenvalue weighted by atomic mass is 9.89. The van der Waals surface area contributed by atoms with Crippen LogP contribution in [0.1, 0.15) is 11.7 Å². The molecule has 1 aliphatic rings. The molecule has 0 bridgehead atoms. The van der Waals surface area contributed by atoms with Crippen molar-refractivity contribution in [1.29, 1.82) is 0 Å². The van der Waals surface area contributed by atoms with E-state index in [1.165, 1.54) is 7.11 Å². The van der Waals surface area contributed by atoms with E-state index in [4.69, 9.17) is 18.9 Å². The Balaban J connectivity index is 2.12. The van der Waals surface area contributed by atoms with Crippen molar-refractivity contribution in [2.24, 2.45) is 0 Å². The molecule has 1 saturated heterocycles. The first-order chi connectivity index (χ1) is 13.3. The summed E-state index contributed by atoms with van der Waals surface area (Å²) in [7, 11) is 0.214. The molecule has 1 aromatic carbocycles. The van der Waals surface area contributed by atoms with Crippen molar-refractivity contribution in [2.45, 2.75) is 62.3 Å². The topological polar surface area (TPSA) is 97.6 Å². The molecule has 160 valence electrons. The molecule has 8 heteroatoms. The van der Waals surface area contributed by atoms with Crippen LogP contribution in [0, 0.1) is 0 Å². The van der Waals surface area contributed by atoms with Crippen LogP contribution in [0.25, 0.3) is 0 Å². The Labute approximate surface area is 168 Å². The summed E-state index contributed by atoms with van der Waals surface area (Å²) in [5, 5.41) is 30.6. The Hall–Kier alpha value is -0.843. The quantitative estimate of drug-likeness (QED) is 0.304. The van der Waals surface area contributed by atoms with E-state index in [1.54, 1.807) is 0 Å². The maximum atomic E-state index is 10.7. The van der Waals surface area contributed by atoms with Crippen molar-refractivity contribution in [3.8, 4) is 0 Å². The zero-order valence-corrected chi connectivity index (χ0v) is 18.2. The van der Waals surface area contributed by atoms with Crippen LogP contribution in [-0.2, 0) is 18.9 Å². The zero-order chi connectivity index (χ0) is 20.7.